The van der Waals surface area contributed by atoms with E-state index in [2.05, 4.69) is 15.3 Å². The van der Waals surface area contributed by atoms with E-state index in [0.717, 1.165) is 21.9 Å². The summed E-state index contributed by atoms with van der Waals surface area (Å²) in [4.78, 5) is 19.6. The van der Waals surface area contributed by atoms with Crippen molar-refractivity contribution in [1.29, 1.82) is 0 Å². The number of H-pyrrole nitrogens is 1. The van der Waals surface area contributed by atoms with Crippen LogP contribution in [0.1, 0.15) is 13.8 Å². The van der Waals surface area contributed by atoms with E-state index in [9.17, 15) is 4.79 Å². The van der Waals surface area contributed by atoms with Gasteiger partial charge in [0.05, 0.1) is 22.7 Å². The second-order valence-electron chi connectivity index (χ2n) is 5.28. The molecule has 2 aromatic heterocycles. The number of fused-ring (bicyclic) bond motifs is 3. The van der Waals surface area contributed by atoms with E-state index >= 15 is 0 Å². The van der Waals surface area contributed by atoms with E-state index in [1.807, 2.05) is 42.7 Å². The lowest BCUT2D eigenvalue weighted by molar-refractivity contribution is -0.122. The first-order valence-corrected chi connectivity index (χ1v) is 7.22. The molecule has 0 aliphatic carbocycles. The van der Waals surface area contributed by atoms with Crippen molar-refractivity contribution in [1.82, 2.24) is 19.9 Å². The lowest BCUT2D eigenvalue weighted by Crippen LogP contribution is -2.33. The third-order valence-electron chi connectivity index (χ3n) is 3.26. The Balaban J connectivity index is 2.17. The number of nitrogens with zero attached hydrogens (tertiary/aromatic N) is 2. The van der Waals surface area contributed by atoms with Gasteiger partial charge < -0.3 is 14.9 Å². The summed E-state index contributed by atoms with van der Waals surface area (Å²) in [5, 5.41) is 3.87. The molecule has 0 bridgehead atoms. The molecule has 3 rings (SSSR count). The Bertz CT molecular complexity index is 878. The Morgan fingerprint density at radius 3 is 2.95 bits per heavy atom. The van der Waals surface area contributed by atoms with Gasteiger partial charge in [-0.1, -0.05) is 18.2 Å². The monoisotopic (exact) mass is 300 g/mol. The maximum absolute atomic E-state index is 12.0. The van der Waals surface area contributed by atoms with Crippen LogP contribution < -0.4 is 5.32 Å². The third-order valence-corrected chi connectivity index (χ3v) is 3.58. The largest absolute Gasteiger partial charge is 0.352 e. The van der Waals surface area contributed by atoms with E-state index in [-0.39, 0.29) is 18.5 Å². The maximum atomic E-state index is 12.0. The maximum Gasteiger partial charge on any atom is 0.240 e. The topological polar surface area (TPSA) is 62.7 Å². The molecule has 0 aliphatic rings. The number of benzene rings is 1. The van der Waals surface area contributed by atoms with Gasteiger partial charge in [-0.3, -0.25) is 9.78 Å². The van der Waals surface area contributed by atoms with Crippen molar-refractivity contribution in [2.45, 2.75) is 26.4 Å². The first-order valence-electron chi connectivity index (χ1n) is 6.82. The molecule has 0 unspecified atom stereocenters. The van der Waals surface area contributed by atoms with Gasteiger partial charge >= 0.3 is 0 Å². The van der Waals surface area contributed by atoms with Crippen LogP contribution in [0.5, 0.6) is 0 Å². The number of hydrogen-bond acceptors (Lipinski definition) is 3. The molecule has 2 heterocycles. The predicted molar refractivity (Wildman–Crippen MR) is 85.7 cm³/mol. The molecule has 1 amide bonds. The van der Waals surface area contributed by atoms with Crippen LogP contribution in [0.25, 0.3) is 21.9 Å². The smallest absolute Gasteiger partial charge is 0.240 e. The van der Waals surface area contributed by atoms with Crippen LogP contribution in [0, 0.1) is 4.77 Å². The Morgan fingerprint density at radius 1 is 1.43 bits per heavy atom. The zero-order chi connectivity index (χ0) is 15.0. The van der Waals surface area contributed by atoms with Crippen molar-refractivity contribution in [2.75, 3.05) is 0 Å². The number of para-hydroxylation sites is 1. The average molecular weight is 300 g/mol. The molecule has 0 saturated heterocycles. The van der Waals surface area contributed by atoms with Crippen LogP contribution in [-0.2, 0) is 11.3 Å². The molecule has 0 atom stereocenters. The van der Waals surface area contributed by atoms with Crippen LogP contribution in [0.15, 0.2) is 30.5 Å². The van der Waals surface area contributed by atoms with Gasteiger partial charge in [0.2, 0.25) is 5.91 Å². The Kier molecular flexibility index (Phi) is 3.47. The molecular weight excluding hydrogens is 284 g/mol. The van der Waals surface area contributed by atoms with E-state index in [1.165, 1.54) is 0 Å². The second kappa shape index (κ2) is 5.29. The fourth-order valence-electron chi connectivity index (χ4n) is 2.46. The van der Waals surface area contributed by atoms with E-state index in [4.69, 9.17) is 12.2 Å². The minimum Gasteiger partial charge on any atom is -0.352 e. The molecule has 108 valence electrons. The average Bonchev–Trinajstić information content (AvgIpc) is 2.74. The number of carbonyl (C=O) groups excluding carboxylic acids is 1. The second-order valence-corrected chi connectivity index (χ2v) is 5.66. The summed E-state index contributed by atoms with van der Waals surface area (Å²) in [6.07, 6.45) is 1.75. The fraction of sp³-hybridized carbons (Fsp3) is 0.267. The molecule has 0 aliphatic heterocycles. The summed E-state index contributed by atoms with van der Waals surface area (Å²) in [7, 11) is 0. The van der Waals surface area contributed by atoms with Crippen molar-refractivity contribution in [2.24, 2.45) is 0 Å². The molecule has 2 N–H and O–H groups in total. The van der Waals surface area contributed by atoms with Gasteiger partial charge in [-0.05, 0) is 32.1 Å². The van der Waals surface area contributed by atoms with Crippen LogP contribution in [0.2, 0.25) is 0 Å². The highest BCUT2D eigenvalue weighted by Crippen LogP contribution is 2.23. The Morgan fingerprint density at radius 2 is 2.19 bits per heavy atom. The van der Waals surface area contributed by atoms with Crippen LogP contribution in [-0.4, -0.2) is 26.5 Å². The number of carbonyl (C=O) groups is 1. The van der Waals surface area contributed by atoms with Gasteiger partial charge in [0.15, 0.2) is 4.77 Å². The first-order chi connectivity index (χ1) is 10.1. The SMILES string of the molecule is CC(C)NC(=O)Cn1c(=S)[nH]c2cnc3ccccc3c21. The predicted octanol–water partition coefficient (Wildman–Crippen LogP) is 2.77. The van der Waals surface area contributed by atoms with Gasteiger partial charge in [0.25, 0.3) is 0 Å². The number of amides is 1. The molecule has 3 aromatic rings. The molecule has 1 aromatic carbocycles. The van der Waals surface area contributed by atoms with E-state index < -0.39 is 0 Å². The van der Waals surface area contributed by atoms with Crippen molar-refractivity contribution in [3.63, 3.8) is 0 Å². The fourth-order valence-corrected chi connectivity index (χ4v) is 2.72. The molecule has 0 radical (unpaired) electrons. The third kappa shape index (κ3) is 2.54. The summed E-state index contributed by atoms with van der Waals surface area (Å²) >= 11 is 5.35. The van der Waals surface area contributed by atoms with Crippen molar-refractivity contribution < 1.29 is 4.79 Å². The van der Waals surface area contributed by atoms with Gasteiger partial charge in [-0.15, -0.1) is 0 Å². The quantitative estimate of drug-likeness (QED) is 0.731. The highest BCUT2D eigenvalue weighted by molar-refractivity contribution is 7.71. The zero-order valence-corrected chi connectivity index (χ0v) is 12.7. The Labute approximate surface area is 127 Å². The molecular formula is C15H16N4OS. The summed E-state index contributed by atoms with van der Waals surface area (Å²) in [6.45, 7) is 4.07. The minimum atomic E-state index is -0.0529. The zero-order valence-electron chi connectivity index (χ0n) is 11.9. The molecule has 0 saturated carbocycles. The molecule has 0 fully saturated rings. The van der Waals surface area contributed by atoms with E-state index in [0.29, 0.717) is 4.77 Å². The number of aromatic amines is 1. The van der Waals surface area contributed by atoms with Crippen molar-refractivity contribution in [3.05, 3.63) is 35.2 Å². The van der Waals surface area contributed by atoms with Crippen molar-refractivity contribution in [3.8, 4) is 0 Å². The van der Waals surface area contributed by atoms with Gasteiger partial charge in [0, 0.05) is 11.4 Å². The van der Waals surface area contributed by atoms with Crippen LogP contribution >= 0.6 is 12.2 Å². The number of nitrogens with one attached hydrogen (secondary N) is 2. The van der Waals surface area contributed by atoms with Gasteiger partial charge in [-0.25, -0.2) is 0 Å². The summed E-state index contributed by atoms with van der Waals surface area (Å²) < 4.78 is 2.36. The number of imidazole rings is 1. The standard InChI is InChI=1S/C15H16N4OS/c1-9(2)17-13(20)8-19-14-10-5-3-4-6-11(10)16-7-12(14)18-15(19)21/h3-7,9H,8H2,1-2H3,(H,17,20)(H,18,21). The van der Waals surface area contributed by atoms with Gasteiger partial charge in [-0.2, -0.15) is 0 Å². The molecule has 5 nitrogen and oxygen atoms in total. The molecule has 6 heteroatoms. The molecule has 0 spiro atoms. The normalized spacial score (nSPS) is 11.4. The summed E-state index contributed by atoms with van der Waals surface area (Å²) in [5.41, 5.74) is 2.65. The molecule has 21 heavy (non-hydrogen) atoms. The summed E-state index contributed by atoms with van der Waals surface area (Å²) in [5.74, 6) is -0.0529. The van der Waals surface area contributed by atoms with Crippen LogP contribution in [0.3, 0.4) is 0 Å². The highest BCUT2D eigenvalue weighted by Gasteiger charge is 2.12. The van der Waals surface area contributed by atoms with Gasteiger partial charge in [0.1, 0.15) is 6.54 Å². The van der Waals surface area contributed by atoms with Crippen LogP contribution in [0.4, 0.5) is 0 Å². The minimum absolute atomic E-state index is 0.0529. The lowest BCUT2D eigenvalue weighted by atomic mass is 10.2. The highest BCUT2D eigenvalue weighted by atomic mass is 32.1. The Hall–Kier alpha value is -2.21. The first kappa shape index (κ1) is 13.8. The lowest BCUT2D eigenvalue weighted by Gasteiger charge is -2.10. The number of rotatable bonds is 3. The number of hydrogen-bond donors (Lipinski definition) is 2. The number of aromatic nitrogens is 3. The summed E-state index contributed by atoms with van der Waals surface area (Å²) in [6, 6.07) is 7.94. The van der Waals surface area contributed by atoms with E-state index in [1.54, 1.807) is 6.20 Å². The number of pyridine rings is 1. The van der Waals surface area contributed by atoms with Crippen molar-refractivity contribution >= 4 is 40.1 Å².